The van der Waals surface area contributed by atoms with Gasteiger partial charge in [0.05, 0.1) is 6.61 Å². The predicted molar refractivity (Wildman–Crippen MR) is 140 cm³/mol. The van der Waals surface area contributed by atoms with Gasteiger partial charge in [-0.2, -0.15) is 0 Å². The van der Waals surface area contributed by atoms with E-state index in [-0.39, 0.29) is 23.8 Å². The first-order chi connectivity index (χ1) is 16.9. The van der Waals surface area contributed by atoms with Crippen molar-refractivity contribution in [2.75, 3.05) is 19.7 Å². The molecule has 9 heteroatoms. The molecule has 0 aliphatic carbocycles. The SMILES string of the molecule is CCCCCNC(=O)C(c1cccc(C)c1O)N(CCO)C(=O)C(NC(=O)OC(C)(C)C)C(C)CC. The van der Waals surface area contributed by atoms with Gasteiger partial charge in [0.25, 0.3) is 0 Å². The summed E-state index contributed by atoms with van der Waals surface area (Å²) in [6, 6.07) is 2.81. The highest BCUT2D eigenvalue weighted by atomic mass is 16.6. The van der Waals surface area contributed by atoms with Crippen LogP contribution in [0.15, 0.2) is 18.2 Å². The summed E-state index contributed by atoms with van der Waals surface area (Å²) in [5.74, 6) is -1.39. The maximum atomic E-state index is 13.9. The number of aryl methyl sites for hydroxylation is 1. The van der Waals surface area contributed by atoms with Crippen molar-refractivity contribution in [3.63, 3.8) is 0 Å². The second kappa shape index (κ2) is 14.7. The summed E-state index contributed by atoms with van der Waals surface area (Å²) < 4.78 is 5.37. The van der Waals surface area contributed by atoms with Crippen molar-refractivity contribution in [1.82, 2.24) is 15.5 Å². The van der Waals surface area contributed by atoms with Gasteiger partial charge in [-0.25, -0.2) is 4.79 Å². The Morgan fingerprint density at radius 2 is 1.81 bits per heavy atom. The van der Waals surface area contributed by atoms with Crippen LogP contribution in [0.1, 0.15) is 84.4 Å². The quantitative estimate of drug-likeness (QED) is 0.301. The summed E-state index contributed by atoms with van der Waals surface area (Å²) in [5, 5.41) is 26.2. The van der Waals surface area contributed by atoms with E-state index in [1.54, 1.807) is 45.9 Å². The summed E-state index contributed by atoms with van der Waals surface area (Å²) in [4.78, 5) is 41.2. The highest BCUT2D eigenvalue weighted by Gasteiger charge is 2.39. The van der Waals surface area contributed by atoms with Crippen LogP contribution in [-0.4, -0.2) is 64.4 Å². The first-order valence-electron chi connectivity index (χ1n) is 12.8. The fourth-order valence-electron chi connectivity index (χ4n) is 3.81. The van der Waals surface area contributed by atoms with E-state index in [2.05, 4.69) is 17.6 Å². The summed E-state index contributed by atoms with van der Waals surface area (Å²) in [6.45, 7) is 12.5. The molecule has 3 amide bonds. The highest BCUT2D eigenvalue weighted by molar-refractivity contribution is 5.92. The number of amides is 3. The fourth-order valence-corrected chi connectivity index (χ4v) is 3.81. The number of aliphatic hydroxyl groups is 1. The molecule has 0 heterocycles. The van der Waals surface area contributed by atoms with E-state index >= 15 is 0 Å². The second-order valence-corrected chi connectivity index (χ2v) is 10.2. The molecular formula is C27H45N3O6. The van der Waals surface area contributed by atoms with Crippen LogP contribution in [0, 0.1) is 12.8 Å². The number of carbonyl (C=O) groups is 3. The smallest absolute Gasteiger partial charge is 0.408 e. The minimum atomic E-state index is -1.20. The molecule has 0 bridgehead atoms. The van der Waals surface area contributed by atoms with Crippen molar-refractivity contribution in [2.24, 2.45) is 5.92 Å². The number of phenols is 1. The van der Waals surface area contributed by atoms with Crippen molar-refractivity contribution in [2.45, 2.75) is 91.8 Å². The van der Waals surface area contributed by atoms with Crippen molar-refractivity contribution in [3.05, 3.63) is 29.3 Å². The molecular weight excluding hydrogens is 462 g/mol. The van der Waals surface area contributed by atoms with Crippen LogP contribution in [0.25, 0.3) is 0 Å². The molecule has 0 aromatic heterocycles. The number of nitrogens with one attached hydrogen (secondary N) is 2. The van der Waals surface area contributed by atoms with Gasteiger partial charge < -0.3 is 30.5 Å². The summed E-state index contributed by atoms with van der Waals surface area (Å²) >= 11 is 0. The van der Waals surface area contributed by atoms with Gasteiger partial charge in [0.15, 0.2) is 0 Å². The van der Waals surface area contributed by atoms with E-state index in [0.717, 1.165) is 19.3 Å². The lowest BCUT2D eigenvalue weighted by Crippen LogP contribution is -2.55. The molecule has 204 valence electrons. The Morgan fingerprint density at radius 3 is 2.36 bits per heavy atom. The van der Waals surface area contributed by atoms with E-state index in [4.69, 9.17) is 4.74 Å². The molecule has 0 aliphatic rings. The van der Waals surface area contributed by atoms with E-state index in [1.165, 1.54) is 4.90 Å². The van der Waals surface area contributed by atoms with E-state index in [1.807, 2.05) is 13.8 Å². The van der Waals surface area contributed by atoms with Gasteiger partial charge >= 0.3 is 6.09 Å². The highest BCUT2D eigenvalue weighted by Crippen LogP contribution is 2.32. The molecule has 0 fully saturated rings. The number of ether oxygens (including phenoxy) is 1. The Bertz CT molecular complexity index is 868. The van der Waals surface area contributed by atoms with Crippen LogP contribution in [0.2, 0.25) is 0 Å². The van der Waals surface area contributed by atoms with Crippen molar-refractivity contribution < 1.29 is 29.3 Å². The maximum Gasteiger partial charge on any atom is 0.408 e. The standard InChI is InChI=1S/C27H45N3O6/c1-8-10-11-15-28-24(33)22(20-14-12-13-19(4)23(20)32)30(16-17-31)25(34)21(18(3)9-2)29-26(35)36-27(5,6)7/h12-14,18,21-22,31-32H,8-11,15-17H2,1-7H3,(H,28,33)(H,29,35). The van der Waals surface area contributed by atoms with E-state index < -0.39 is 42.2 Å². The summed E-state index contributed by atoms with van der Waals surface area (Å²) in [5.41, 5.74) is 0.0506. The average molecular weight is 508 g/mol. The number of hydrogen-bond acceptors (Lipinski definition) is 6. The molecule has 3 unspecified atom stereocenters. The molecule has 36 heavy (non-hydrogen) atoms. The van der Waals surface area contributed by atoms with Crippen LogP contribution in [0.3, 0.4) is 0 Å². The number of unbranched alkanes of at least 4 members (excludes halogenated alkanes) is 2. The van der Waals surface area contributed by atoms with Crippen molar-refractivity contribution in [3.8, 4) is 5.75 Å². The second-order valence-electron chi connectivity index (χ2n) is 10.2. The van der Waals surface area contributed by atoms with E-state index in [0.29, 0.717) is 18.5 Å². The normalized spacial score (nSPS) is 13.9. The molecule has 4 N–H and O–H groups in total. The van der Waals surface area contributed by atoms with Gasteiger partial charge in [0, 0.05) is 18.7 Å². The number of benzene rings is 1. The van der Waals surface area contributed by atoms with Crippen LogP contribution in [0.4, 0.5) is 4.79 Å². The van der Waals surface area contributed by atoms with Crippen LogP contribution in [-0.2, 0) is 14.3 Å². The topological polar surface area (TPSA) is 128 Å². The third-order valence-corrected chi connectivity index (χ3v) is 5.98. The van der Waals surface area contributed by atoms with Crippen LogP contribution in [0.5, 0.6) is 5.75 Å². The van der Waals surface area contributed by atoms with Gasteiger partial charge in [-0.1, -0.05) is 58.2 Å². The Morgan fingerprint density at radius 1 is 1.14 bits per heavy atom. The van der Waals surface area contributed by atoms with Gasteiger partial charge in [0.2, 0.25) is 11.8 Å². The molecule has 0 radical (unpaired) electrons. The first kappa shape index (κ1) is 31.2. The minimum absolute atomic E-state index is 0.0952. The molecule has 0 saturated heterocycles. The van der Waals surface area contributed by atoms with Gasteiger partial charge in [-0.15, -0.1) is 0 Å². The van der Waals surface area contributed by atoms with E-state index in [9.17, 15) is 24.6 Å². The number of aromatic hydroxyl groups is 1. The monoisotopic (exact) mass is 507 g/mol. The molecule has 1 aromatic carbocycles. The Kier molecular flexibility index (Phi) is 12.7. The molecule has 3 atom stereocenters. The third-order valence-electron chi connectivity index (χ3n) is 5.98. The Hall–Kier alpha value is -2.81. The number of carbonyl (C=O) groups excluding carboxylic acids is 3. The molecule has 0 aliphatic heterocycles. The summed E-state index contributed by atoms with van der Waals surface area (Å²) in [6.07, 6.45) is 2.53. The Balaban J connectivity index is 3.46. The molecule has 1 aromatic rings. The largest absolute Gasteiger partial charge is 0.507 e. The number of para-hydroxylation sites is 1. The third kappa shape index (κ3) is 9.33. The maximum absolute atomic E-state index is 13.9. The van der Waals surface area contributed by atoms with Gasteiger partial charge in [-0.05, 0) is 45.6 Å². The molecule has 1 rings (SSSR count). The number of nitrogens with zero attached hydrogens (tertiary/aromatic N) is 1. The Labute approximate surface area is 215 Å². The van der Waals surface area contributed by atoms with Crippen molar-refractivity contribution in [1.29, 1.82) is 0 Å². The lowest BCUT2D eigenvalue weighted by atomic mass is 9.95. The van der Waals surface area contributed by atoms with Crippen LogP contribution < -0.4 is 10.6 Å². The fraction of sp³-hybridized carbons (Fsp3) is 0.667. The molecule has 0 spiro atoms. The number of aliphatic hydroxyl groups excluding tert-OH is 1. The number of phenolic OH excluding ortho intramolecular Hbond substituents is 1. The zero-order valence-electron chi connectivity index (χ0n) is 22.9. The lowest BCUT2D eigenvalue weighted by Gasteiger charge is -2.36. The number of alkyl carbamates (subject to hydrolysis) is 1. The molecule has 0 saturated carbocycles. The average Bonchev–Trinajstić information content (AvgIpc) is 2.80. The van der Waals surface area contributed by atoms with Gasteiger partial charge in [-0.3, -0.25) is 9.59 Å². The summed E-state index contributed by atoms with van der Waals surface area (Å²) in [7, 11) is 0. The zero-order chi connectivity index (χ0) is 27.5. The van der Waals surface area contributed by atoms with Crippen molar-refractivity contribution >= 4 is 17.9 Å². The lowest BCUT2D eigenvalue weighted by molar-refractivity contribution is -0.144. The van der Waals surface area contributed by atoms with Crippen LogP contribution >= 0.6 is 0 Å². The predicted octanol–water partition coefficient (Wildman–Crippen LogP) is 3.81. The number of rotatable bonds is 13. The molecule has 9 nitrogen and oxygen atoms in total. The minimum Gasteiger partial charge on any atom is -0.507 e. The first-order valence-corrected chi connectivity index (χ1v) is 12.8. The number of hydrogen-bond donors (Lipinski definition) is 4. The van der Waals surface area contributed by atoms with Gasteiger partial charge in [0.1, 0.15) is 23.4 Å². The zero-order valence-corrected chi connectivity index (χ0v) is 22.9.